The van der Waals surface area contributed by atoms with Gasteiger partial charge in [0.25, 0.3) is 0 Å². The van der Waals surface area contributed by atoms with Crippen molar-refractivity contribution >= 4 is 29.0 Å². The smallest absolute Gasteiger partial charge is 0.237 e. The van der Waals surface area contributed by atoms with E-state index in [-0.39, 0.29) is 17.7 Å². The summed E-state index contributed by atoms with van der Waals surface area (Å²) in [7, 11) is 0. The van der Waals surface area contributed by atoms with E-state index in [2.05, 4.69) is 5.32 Å². The third-order valence-corrected chi connectivity index (χ3v) is 6.03. The van der Waals surface area contributed by atoms with Crippen molar-refractivity contribution in [3.8, 4) is 0 Å². The van der Waals surface area contributed by atoms with E-state index in [0.717, 1.165) is 23.5 Å². The molecule has 0 aliphatic carbocycles. The first-order valence-corrected chi connectivity index (χ1v) is 9.15. The van der Waals surface area contributed by atoms with Gasteiger partial charge in [0.05, 0.1) is 6.54 Å². The molecule has 6 heteroatoms. The number of carbonyl (C=O) groups excluding carboxylic acids is 1. The summed E-state index contributed by atoms with van der Waals surface area (Å²) in [6.07, 6.45) is 1.03. The normalized spacial score (nSPS) is 20.2. The second kappa shape index (κ2) is 6.10. The zero-order valence-electron chi connectivity index (χ0n) is 12.6. The SMILES string of the molecule is Cc1ccc(C(C)(O)CNC(=O)C2SCCc3sccc32)o1. The fourth-order valence-electron chi connectivity index (χ4n) is 2.53. The molecule has 0 spiro atoms. The van der Waals surface area contributed by atoms with Crippen LogP contribution in [0.4, 0.5) is 0 Å². The highest BCUT2D eigenvalue weighted by atomic mass is 32.2. The number of aliphatic hydroxyl groups is 1. The molecule has 2 atom stereocenters. The summed E-state index contributed by atoms with van der Waals surface area (Å²) in [5.41, 5.74) is -0.0898. The lowest BCUT2D eigenvalue weighted by molar-refractivity contribution is -0.122. The predicted octanol–water partition coefficient (Wildman–Crippen LogP) is 3.00. The topological polar surface area (TPSA) is 62.5 Å². The molecule has 22 heavy (non-hydrogen) atoms. The van der Waals surface area contributed by atoms with Crippen molar-refractivity contribution in [1.82, 2.24) is 5.32 Å². The molecule has 2 N–H and O–H groups in total. The zero-order valence-corrected chi connectivity index (χ0v) is 14.2. The number of hydrogen-bond acceptors (Lipinski definition) is 5. The standard InChI is InChI=1S/C16H19NO3S2/c1-10-3-4-13(20-10)16(2,19)9-17-15(18)14-11-5-7-21-12(11)6-8-22-14/h3-5,7,14,19H,6,8-9H2,1-2H3,(H,17,18). The van der Waals surface area contributed by atoms with Crippen LogP contribution in [0.1, 0.15) is 34.1 Å². The summed E-state index contributed by atoms with van der Waals surface area (Å²) >= 11 is 3.37. The molecular formula is C16H19NO3S2. The number of aryl methyl sites for hydroxylation is 2. The van der Waals surface area contributed by atoms with Gasteiger partial charge in [-0.15, -0.1) is 23.1 Å². The van der Waals surface area contributed by atoms with E-state index in [9.17, 15) is 9.90 Å². The Hall–Kier alpha value is -1.24. The molecule has 3 heterocycles. The molecule has 4 nitrogen and oxygen atoms in total. The van der Waals surface area contributed by atoms with Crippen LogP contribution in [0.15, 0.2) is 28.0 Å². The molecule has 2 aromatic heterocycles. The van der Waals surface area contributed by atoms with Crippen LogP contribution in [0.3, 0.4) is 0 Å². The van der Waals surface area contributed by atoms with Gasteiger partial charge in [0.1, 0.15) is 22.4 Å². The molecule has 3 rings (SSSR count). The summed E-state index contributed by atoms with van der Waals surface area (Å²) in [4.78, 5) is 13.8. The molecule has 2 aromatic rings. The number of hydrogen-bond donors (Lipinski definition) is 2. The lowest BCUT2D eigenvalue weighted by Crippen LogP contribution is -2.40. The number of carbonyl (C=O) groups is 1. The van der Waals surface area contributed by atoms with E-state index in [1.54, 1.807) is 42.2 Å². The summed E-state index contributed by atoms with van der Waals surface area (Å²) in [6, 6.07) is 5.58. The Kier molecular flexibility index (Phi) is 4.34. The Morgan fingerprint density at radius 1 is 1.50 bits per heavy atom. The number of rotatable bonds is 4. The van der Waals surface area contributed by atoms with Crippen LogP contribution in [0.25, 0.3) is 0 Å². The van der Waals surface area contributed by atoms with Crippen molar-refractivity contribution in [3.63, 3.8) is 0 Å². The first-order chi connectivity index (χ1) is 10.5. The van der Waals surface area contributed by atoms with Crippen molar-refractivity contribution in [2.45, 2.75) is 31.1 Å². The van der Waals surface area contributed by atoms with Crippen LogP contribution in [0.2, 0.25) is 0 Å². The summed E-state index contributed by atoms with van der Waals surface area (Å²) in [5, 5.41) is 15.2. The minimum Gasteiger partial charge on any atom is -0.463 e. The van der Waals surface area contributed by atoms with Crippen molar-refractivity contribution in [2.75, 3.05) is 12.3 Å². The van der Waals surface area contributed by atoms with Crippen molar-refractivity contribution in [3.05, 3.63) is 45.5 Å². The van der Waals surface area contributed by atoms with Gasteiger partial charge in [-0.1, -0.05) is 0 Å². The third-order valence-electron chi connectivity index (χ3n) is 3.79. The number of furan rings is 1. The summed E-state index contributed by atoms with van der Waals surface area (Å²) < 4.78 is 5.47. The molecule has 1 aliphatic heterocycles. The molecule has 2 unspecified atom stereocenters. The van der Waals surface area contributed by atoms with Gasteiger partial charge in [-0.25, -0.2) is 0 Å². The average molecular weight is 337 g/mol. The Labute approximate surface area is 137 Å². The van der Waals surface area contributed by atoms with Gasteiger partial charge in [0.15, 0.2) is 0 Å². The number of thiophene rings is 1. The fraction of sp³-hybridized carbons (Fsp3) is 0.438. The first kappa shape index (κ1) is 15.6. The van der Waals surface area contributed by atoms with Crippen molar-refractivity contribution in [2.24, 2.45) is 0 Å². The van der Waals surface area contributed by atoms with Gasteiger partial charge >= 0.3 is 0 Å². The molecule has 0 saturated heterocycles. The lowest BCUT2D eigenvalue weighted by atomic mass is 10.0. The average Bonchev–Trinajstić information content (AvgIpc) is 3.13. The minimum absolute atomic E-state index is 0.0482. The van der Waals surface area contributed by atoms with Crippen LogP contribution in [-0.4, -0.2) is 23.3 Å². The van der Waals surface area contributed by atoms with Crippen LogP contribution in [-0.2, 0) is 16.8 Å². The predicted molar refractivity (Wildman–Crippen MR) is 89.2 cm³/mol. The van der Waals surface area contributed by atoms with E-state index >= 15 is 0 Å². The zero-order chi connectivity index (χ0) is 15.7. The highest BCUT2D eigenvalue weighted by Gasteiger charge is 2.31. The molecule has 0 saturated carbocycles. The van der Waals surface area contributed by atoms with Crippen LogP contribution >= 0.6 is 23.1 Å². The molecule has 1 aliphatic rings. The van der Waals surface area contributed by atoms with Gasteiger partial charge in [0, 0.05) is 4.88 Å². The van der Waals surface area contributed by atoms with E-state index < -0.39 is 5.60 Å². The van der Waals surface area contributed by atoms with Gasteiger partial charge < -0.3 is 14.8 Å². The number of nitrogens with one attached hydrogen (secondary N) is 1. The Morgan fingerprint density at radius 3 is 3.05 bits per heavy atom. The molecule has 0 radical (unpaired) electrons. The molecule has 0 aromatic carbocycles. The van der Waals surface area contributed by atoms with Crippen molar-refractivity contribution < 1.29 is 14.3 Å². The molecule has 0 bridgehead atoms. The second-order valence-corrected chi connectivity index (χ2v) is 7.92. The van der Waals surface area contributed by atoms with E-state index in [1.807, 2.05) is 18.4 Å². The van der Waals surface area contributed by atoms with Crippen molar-refractivity contribution in [1.29, 1.82) is 0 Å². The molecule has 118 valence electrons. The largest absolute Gasteiger partial charge is 0.463 e. The monoisotopic (exact) mass is 337 g/mol. The van der Waals surface area contributed by atoms with Crippen LogP contribution in [0.5, 0.6) is 0 Å². The van der Waals surface area contributed by atoms with Gasteiger partial charge in [-0.3, -0.25) is 4.79 Å². The van der Waals surface area contributed by atoms with Crippen LogP contribution < -0.4 is 5.32 Å². The second-order valence-electron chi connectivity index (χ2n) is 5.70. The van der Waals surface area contributed by atoms with Crippen LogP contribution in [0, 0.1) is 6.92 Å². The van der Waals surface area contributed by atoms with Gasteiger partial charge in [-0.2, -0.15) is 0 Å². The highest BCUT2D eigenvalue weighted by Crippen LogP contribution is 2.39. The van der Waals surface area contributed by atoms with E-state index in [4.69, 9.17) is 4.42 Å². The number of fused-ring (bicyclic) bond motifs is 1. The maximum atomic E-state index is 12.5. The highest BCUT2D eigenvalue weighted by molar-refractivity contribution is 8.00. The molecule has 1 amide bonds. The fourth-order valence-corrected chi connectivity index (χ4v) is 4.84. The molecule has 0 fully saturated rings. The quantitative estimate of drug-likeness (QED) is 0.900. The number of thioether (sulfide) groups is 1. The van der Waals surface area contributed by atoms with E-state index in [0.29, 0.717) is 5.76 Å². The summed E-state index contributed by atoms with van der Waals surface area (Å²) in [6.45, 7) is 3.61. The third kappa shape index (κ3) is 3.09. The lowest BCUT2D eigenvalue weighted by Gasteiger charge is -2.25. The first-order valence-electron chi connectivity index (χ1n) is 7.22. The maximum absolute atomic E-state index is 12.5. The maximum Gasteiger partial charge on any atom is 0.237 e. The van der Waals surface area contributed by atoms with Gasteiger partial charge in [-0.05, 0) is 55.2 Å². The Balaban J connectivity index is 1.66. The van der Waals surface area contributed by atoms with Gasteiger partial charge in [0.2, 0.25) is 5.91 Å². The Bertz CT molecular complexity index is 674. The number of amides is 1. The molecular weight excluding hydrogens is 318 g/mol. The Morgan fingerprint density at radius 2 is 2.32 bits per heavy atom. The minimum atomic E-state index is -1.21. The summed E-state index contributed by atoms with van der Waals surface area (Å²) in [5.74, 6) is 2.12. The van der Waals surface area contributed by atoms with E-state index in [1.165, 1.54) is 4.88 Å².